The number of hydrogen-bond donors (Lipinski definition) is 0. The molecular formula is C24H18N2O4. The van der Waals surface area contributed by atoms with Crippen molar-refractivity contribution in [3.63, 3.8) is 0 Å². The summed E-state index contributed by atoms with van der Waals surface area (Å²) in [5.41, 5.74) is 3.24. The number of aromatic nitrogens is 2. The average molecular weight is 398 g/mol. The summed E-state index contributed by atoms with van der Waals surface area (Å²) in [5, 5.41) is 8.12. The van der Waals surface area contributed by atoms with Gasteiger partial charge in [-0.15, -0.1) is 10.2 Å². The molecule has 0 bridgehead atoms. The largest absolute Gasteiger partial charge is 0.454 e. The van der Waals surface area contributed by atoms with Crippen LogP contribution in [0.3, 0.4) is 0 Å². The van der Waals surface area contributed by atoms with E-state index in [0.717, 1.165) is 11.1 Å². The molecule has 6 heteroatoms. The van der Waals surface area contributed by atoms with Crippen LogP contribution in [-0.2, 0) is 4.74 Å². The van der Waals surface area contributed by atoms with Gasteiger partial charge in [-0.1, -0.05) is 54.1 Å². The van der Waals surface area contributed by atoms with Crippen LogP contribution in [0.15, 0.2) is 83.3 Å². The molecule has 0 aliphatic rings. The zero-order valence-corrected chi connectivity index (χ0v) is 16.2. The quantitative estimate of drug-likeness (QED) is 0.344. The number of Topliss-reactive ketones (excluding diaryl/α,β-unsaturated/α-hetero) is 1. The molecule has 1 aromatic heterocycles. The number of benzene rings is 3. The first kappa shape index (κ1) is 19.3. The molecule has 6 nitrogen and oxygen atoms in total. The Hall–Kier alpha value is -4.06. The lowest BCUT2D eigenvalue weighted by molar-refractivity contribution is 0.0475. The Balaban J connectivity index is 1.45. The fourth-order valence-corrected chi connectivity index (χ4v) is 2.85. The highest BCUT2D eigenvalue weighted by molar-refractivity contribution is 5.99. The maximum atomic E-state index is 12.4. The SMILES string of the molecule is Cc1ccc(C(=O)COC(=O)c2cccc(-c3nnc(-c4ccccc4)o3)c2)cc1. The summed E-state index contributed by atoms with van der Waals surface area (Å²) in [6.07, 6.45) is 0. The molecule has 4 aromatic rings. The van der Waals surface area contributed by atoms with E-state index in [4.69, 9.17) is 9.15 Å². The lowest BCUT2D eigenvalue weighted by Crippen LogP contribution is -2.14. The van der Waals surface area contributed by atoms with Gasteiger partial charge in [0.2, 0.25) is 11.8 Å². The summed E-state index contributed by atoms with van der Waals surface area (Å²) in [7, 11) is 0. The van der Waals surface area contributed by atoms with Gasteiger partial charge >= 0.3 is 5.97 Å². The minimum absolute atomic E-state index is 0.260. The molecule has 0 unspecified atom stereocenters. The number of aryl methyl sites for hydroxylation is 1. The van der Waals surface area contributed by atoms with Gasteiger partial charge in [-0.25, -0.2) is 4.79 Å². The van der Waals surface area contributed by atoms with Crippen LogP contribution in [0.1, 0.15) is 26.3 Å². The molecule has 30 heavy (non-hydrogen) atoms. The fraction of sp³-hybridized carbons (Fsp3) is 0.0833. The minimum Gasteiger partial charge on any atom is -0.454 e. The Kier molecular flexibility index (Phi) is 5.48. The van der Waals surface area contributed by atoms with Crippen molar-refractivity contribution in [2.75, 3.05) is 6.61 Å². The molecule has 0 atom stereocenters. The van der Waals surface area contributed by atoms with Crippen molar-refractivity contribution in [1.82, 2.24) is 10.2 Å². The van der Waals surface area contributed by atoms with Crippen molar-refractivity contribution < 1.29 is 18.7 Å². The molecule has 148 valence electrons. The van der Waals surface area contributed by atoms with Gasteiger partial charge in [0.1, 0.15) is 0 Å². The maximum absolute atomic E-state index is 12.4. The van der Waals surface area contributed by atoms with E-state index in [9.17, 15) is 9.59 Å². The zero-order chi connectivity index (χ0) is 20.9. The predicted octanol–water partition coefficient (Wildman–Crippen LogP) is 4.75. The van der Waals surface area contributed by atoms with E-state index in [1.54, 1.807) is 36.4 Å². The zero-order valence-electron chi connectivity index (χ0n) is 16.2. The highest BCUT2D eigenvalue weighted by Gasteiger charge is 2.15. The lowest BCUT2D eigenvalue weighted by Gasteiger charge is -2.05. The number of ether oxygens (including phenoxy) is 1. The molecule has 0 N–H and O–H groups in total. The Morgan fingerprint density at radius 2 is 1.47 bits per heavy atom. The normalized spacial score (nSPS) is 10.6. The number of hydrogen-bond acceptors (Lipinski definition) is 6. The molecule has 0 amide bonds. The van der Waals surface area contributed by atoms with Crippen molar-refractivity contribution in [2.45, 2.75) is 6.92 Å². The van der Waals surface area contributed by atoms with Crippen molar-refractivity contribution in [3.05, 3.63) is 95.6 Å². The van der Waals surface area contributed by atoms with Gasteiger partial charge in [0.15, 0.2) is 12.4 Å². The third kappa shape index (κ3) is 4.33. The van der Waals surface area contributed by atoms with Crippen molar-refractivity contribution >= 4 is 11.8 Å². The third-order valence-corrected chi connectivity index (χ3v) is 4.50. The first-order valence-electron chi connectivity index (χ1n) is 9.36. The number of nitrogens with zero attached hydrogens (tertiary/aromatic N) is 2. The smallest absolute Gasteiger partial charge is 0.338 e. The molecule has 0 aliphatic carbocycles. The van der Waals surface area contributed by atoms with E-state index in [1.807, 2.05) is 49.4 Å². The number of carbonyl (C=O) groups excluding carboxylic acids is 2. The second kappa shape index (κ2) is 8.53. The standard InChI is InChI=1S/C24H18N2O4/c1-16-10-12-17(13-11-16)21(27)15-29-24(28)20-9-5-8-19(14-20)23-26-25-22(30-23)18-6-3-2-4-7-18/h2-14H,15H2,1H3. The Labute approximate surface area is 173 Å². The molecule has 3 aromatic carbocycles. The molecule has 0 fully saturated rings. The molecule has 1 heterocycles. The van der Waals surface area contributed by atoms with Crippen LogP contribution in [0.5, 0.6) is 0 Å². The van der Waals surface area contributed by atoms with E-state index >= 15 is 0 Å². The summed E-state index contributed by atoms with van der Waals surface area (Å²) in [6, 6.07) is 23.2. The number of ketones is 1. The van der Waals surface area contributed by atoms with Gasteiger partial charge in [-0.3, -0.25) is 4.79 Å². The second-order valence-electron chi connectivity index (χ2n) is 6.72. The van der Waals surface area contributed by atoms with Crippen LogP contribution in [0.4, 0.5) is 0 Å². The average Bonchev–Trinajstić information content (AvgIpc) is 3.29. The van der Waals surface area contributed by atoms with Gasteiger partial charge in [0, 0.05) is 16.7 Å². The van der Waals surface area contributed by atoms with E-state index in [2.05, 4.69) is 10.2 Å². The van der Waals surface area contributed by atoms with E-state index in [1.165, 1.54) is 0 Å². The molecule has 0 saturated carbocycles. The Morgan fingerprint density at radius 1 is 0.800 bits per heavy atom. The van der Waals surface area contributed by atoms with Crippen molar-refractivity contribution in [1.29, 1.82) is 0 Å². The van der Waals surface area contributed by atoms with Crippen LogP contribution >= 0.6 is 0 Å². The monoisotopic (exact) mass is 398 g/mol. The van der Waals surface area contributed by atoms with Crippen molar-refractivity contribution in [3.8, 4) is 22.9 Å². The summed E-state index contributed by atoms with van der Waals surface area (Å²) >= 11 is 0. The maximum Gasteiger partial charge on any atom is 0.338 e. The van der Waals surface area contributed by atoms with Gasteiger partial charge < -0.3 is 9.15 Å². The number of rotatable bonds is 6. The third-order valence-electron chi connectivity index (χ3n) is 4.50. The minimum atomic E-state index is -0.597. The van der Waals surface area contributed by atoms with Crippen LogP contribution in [0, 0.1) is 6.92 Å². The Bertz CT molecular complexity index is 1180. The molecule has 4 rings (SSSR count). The molecule has 0 saturated heterocycles. The molecule has 0 aliphatic heterocycles. The molecule has 0 radical (unpaired) electrons. The van der Waals surface area contributed by atoms with E-state index < -0.39 is 5.97 Å². The summed E-state index contributed by atoms with van der Waals surface area (Å²) in [5.74, 6) is -0.175. The van der Waals surface area contributed by atoms with Crippen LogP contribution in [-0.4, -0.2) is 28.6 Å². The van der Waals surface area contributed by atoms with Crippen LogP contribution in [0.2, 0.25) is 0 Å². The molecule has 0 spiro atoms. The van der Waals surface area contributed by atoms with Gasteiger partial charge in [-0.05, 0) is 37.3 Å². The lowest BCUT2D eigenvalue weighted by atomic mass is 10.1. The highest BCUT2D eigenvalue weighted by atomic mass is 16.5. The highest BCUT2D eigenvalue weighted by Crippen LogP contribution is 2.24. The van der Waals surface area contributed by atoms with Gasteiger partial charge in [0.05, 0.1) is 5.56 Å². The topological polar surface area (TPSA) is 82.3 Å². The first-order valence-corrected chi connectivity index (χ1v) is 9.36. The summed E-state index contributed by atoms with van der Waals surface area (Å²) < 4.78 is 10.9. The summed E-state index contributed by atoms with van der Waals surface area (Å²) in [6.45, 7) is 1.61. The van der Waals surface area contributed by atoms with E-state index in [0.29, 0.717) is 28.5 Å². The summed E-state index contributed by atoms with van der Waals surface area (Å²) in [4.78, 5) is 24.6. The fourth-order valence-electron chi connectivity index (χ4n) is 2.85. The van der Waals surface area contributed by atoms with Gasteiger partial charge in [0.25, 0.3) is 0 Å². The van der Waals surface area contributed by atoms with Gasteiger partial charge in [-0.2, -0.15) is 0 Å². The second-order valence-corrected chi connectivity index (χ2v) is 6.72. The predicted molar refractivity (Wildman–Crippen MR) is 111 cm³/mol. The Morgan fingerprint density at radius 3 is 2.20 bits per heavy atom. The first-order chi connectivity index (χ1) is 14.6. The van der Waals surface area contributed by atoms with E-state index in [-0.39, 0.29) is 12.4 Å². The van der Waals surface area contributed by atoms with Crippen LogP contribution < -0.4 is 0 Å². The van der Waals surface area contributed by atoms with Crippen LogP contribution in [0.25, 0.3) is 22.9 Å². The van der Waals surface area contributed by atoms with Crippen molar-refractivity contribution in [2.24, 2.45) is 0 Å². The molecular weight excluding hydrogens is 380 g/mol. The number of esters is 1. The number of carbonyl (C=O) groups is 2.